The zero-order valence-corrected chi connectivity index (χ0v) is 31.8. The van der Waals surface area contributed by atoms with Crippen LogP contribution < -0.4 is 5.19 Å². The van der Waals surface area contributed by atoms with E-state index in [2.05, 4.69) is 41.7 Å². The Bertz CT molecular complexity index is 2560. The summed E-state index contributed by atoms with van der Waals surface area (Å²) >= 11 is 0. The van der Waals surface area contributed by atoms with E-state index >= 15 is 0 Å². The fourth-order valence-electron chi connectivity index (χ4n) is 5.77. The van der Waals surface area contributed by atoms with Crippen molar-refractivity contribution in [3.63, 3.8) is 0 Å². The normalized spacial score (nSPS) is 12.9. The first kappa shape index (κ1) is 30.8. The van der Waals surface area contributed by atoms with Crippen molar-refractivity contribution in [1.82, 2.24) is 9.97 Å². The summed E-state index contributed by atoms with van der Waals surface area (Å²) in [5.74, 6) is -0.363. The van der Waals surface area contributed by atoms with Gasteiger partial charge in [0.25, 0.3) is 0 Å². The first-order chi connectivity index (χ1) is 25.8. The number of benzene rings is 5. The number of fused-ring (bicyclic) bond motifs is 3. The molecule has 0 aliphatic carbocycles. The van der Waals surface area contributed by atoms with Crippen molar-refractivity contribution >= 4 is 35.2 Å². The van der Waals surface area contributed by atoms with Gasteiger partial charge in [-0.1, -0.05) is 109 Å². The van der Waals surface area contributed by atoms with Gasteiger partial charge in [0.15, 0.2) is 0 Å². The molecular formula is C45H37FIrN2OSi-2. The van der Waals surface area contributed by atoms with E-state index < -0.39 is 20.8 Å². The third-order valence-corrected chi connectivity index (χ3v) is 10.2. The monoisotopic (exact) mass is 865 g/mol. The Kier molecular flexibility index (Phi) is 9.60. The number of hydrogen-bond acceptors (Lipinski definition) is 3. The van der Waals surface area contributed by atoms with Crippen LogP contribution in [0.1, 0.15) is 27.7 Å². The molecule has 0 saturated carbocycles. The third kappa shape index (κ3) is 8.49. The van der Waals surface area contributed by atoms with Crippen molar-refractivity contribution in [3.05, 3.63) is 186 Å². The number of pyridine rings is 2. The average Bonchev–Trinajstić information content (AvgIpc) is 3.56. The van der Waals surface area contributed by atoms with Crippen molar-refractivity contribution in [2.75, 3.05) is 0 Å². The Balaban J connectivity index is 0.000000186. The maximum atomic E-state index is 13.6. The summed E-state index contributed by atoms with van der Waals surface area (Å²) in [4.78, 5) is 9.04. The van der Waals surface area contributed by atoms with E-state index in [9.17, 15) is 4.39 Å². The predicted octanol–water partition coefficient (Wildman–Crippen LogP) is 10.9. The molecule has 0 aliphatic heterocycles. The van der Waals surface area contributed by atoms with E-state index in [1.54, 1.807) is 42.6 Å². The fourth-order valence-corrected chi connectivity index (χ4v) is 7.17. The zero-order valence-electron chi connectivity index (χ0n) is 32.4. The van der Waals surface area contributed by atoms with Crippen LogP contribution >= 0.6 is 0 Å². The molecule has 0 bridgehead atoms. The van der Waals surface area contributed by atoms with Crippen molar-refractivity contribution in [1.29, 1.82) is 0 Å². The molecule has 8 rings (SSSR count). The molecule has 3 heterocycles. The molecule has 51 heavy (non-hydrogen) atoms. The number of rotatable bonds is 7. The average molecular weight is 865 g/mol. The van der Waals surface area contributed by atoms with Crippen LogP contribution in [-0.2, 0) is 32.9 Å². The van der Waals surface area contributed by atoms with E-state index in [-0.39, 0.29) is 25.9 Å². The maximum absolute atomic E-state index is 13.6. The molecule has 0 unspecified atom stereocenters. The van der Waals surface area contributed by atoms with Gasteiger partial charge in [0.1, 0.15) is 11.4 Å². The van der Waals surface area contributed by atoms with Crippen molar-refractivity contribution in [2.45, 2.75) is 32.4 Å². The quantitative estimate of drug-likeness (QED) is 0.118. The number of nitrogens with zero attached hydrogens (tertiary/aromatic N) is 2. The topological polar surface area (TPSA) is 38.9 Å². The van der Waals surface area contributed by atoms with Gasteiger partial charge in [-0.3, -0.25) is 0 Å². The predicted molar refractivity (Wildman–Crippen MR) is 206 cm³/mol. The molecule has 3 nitrogen and oxygen atoms in total. The van der Waals surface area contributed by atoms with Gasteiger partial charge in [0.2, 0.25) is 0 Å². The van der Waals surface area contributed by atoms with Gasteiger partial charge in [-0.15, -0.1) is 54.1 Å². The van der Waals surface area contributed by atoms with Crippen LogP contribution in [0.4, 0.5) is 4.39 Å². The summed E-state index contributed by atoms with van der Waals surface area (Å²) in [6.07, 6.45) is 0.214. The maximum Gasteiger partial charge on any atom is 0.126 e. The number of furan rings is 1. The van der Waals surface area contributed by atoms with Gasteiger partial charge in [0.05, 0.1) is 13.7 Å². The molecule has 1 radical (unpaired) electrons. The number of aromatic nitrogens is 2. The van der Waals surface area contributed by atoms with E-state index in [1.165, 1.54) is 12.1 Å². The molecule has 0 amide bonds. The zero-order chi connectivity index (χ0) is 38.1. The van der Waals surface area contributed by atoms with Crippen molar-refractivity contribution in [3.8, 4) is 22.5 Å². The molecule has 3 aromatic heterocycles. The van der Waals surface area contributed by atoms with Gasteiger partial charge in [0, 0.05) is 49.4 Å². The van der Waals surface area contributed by atoms with E-state index in [0.717, 1.165) is 32.8 Å². The second-order valence-corrected chi connectivity index (χ2v) is 17.9. The van der Waals surface area contributed by atoms with E-state index in [0.29, 0.717) is 39.1 Å². The van der Waals surface area contributed by atoms with Gasteiger partial charge in [-0.2, -0.15) is 0 Å². The molecule has 0 atom stereocenters. The number of hydrogen-bond donors (Lipinski definition) is 0. The van der Waals surface area contributed by atoms with E-state index in [1.807, 2.05) is 91.1 Å². The Hall–Kier alpha value is -5.00. The fraction of sp³-hybridized carbons (Fsp3) is 0.111. The minimum Gasteiger partial charge on any atom is -0.500 e. The molecule has 255 valence electrons. The van der Waals surface area contributed by atoms with Gasteiger partial charge >= 0.3 is 0 Å². The molecule has 0 saturated heterocycles. The van der Waals surface area contributed by atoms with Crippen LogP contribution in [0, 0.1) is 17.9 Å². The molecule has 0 N–H and O–H groups in total. The minimum atomic E-state index is -1.76. The van der Waals surface area contributed by atoms with Gasteiger partial charge in [-0.05, 0) is 64.2 Å². The second-order valence-electron chi connectivity index (χ2n) is 12.9. The van der Waals surface area contributed by atoms with Gasteiger partial charge < -0.3 is 14.4 Å². The molecule has 0 aliphatic rings. The molecule has 6 heteroatoms. The Labute approximate surface area is 319 Å². The third-order valence-electron chi connectivity index (χ3n) is 8.22. The SMILES string of the molecule is [2H]C([2H])(c1ccccc1)c1cc(-c2[c-]cccc2)ncc1[Si](C)(C)C.[2H]C([2H])(c1ccccc1)c1ccnc(-c2[c-]ccc3c2oc2cc(F)ccc23)c1.[Ir]. The van der Waals surface area contributed by atoms with Crippen LogP contribution in [0.25, 0.3) is 44.5 Å². The standard InChI is InChI=1S/C24H15FNO.C21H22NSi.Ir/c25-18-9-10-19-20-7-4-8-21(24(20)27-23(19)15-18)22-14-17(11-12-26-22)13-16-5-2-1-3-6-16;1-23(2,3)21-16-22-20(18-12-8-5-9-13-18)15-19(21)14-17-10-6-4-7-11-17;/h1-7,9-12,14-15H,13H2;4-12,15-16H,14H2,1-3H3;/q2*-1;/i13D2;14D2;. The molecular weight excluding hydrogens is 824 g/mol. The van der Waals surface area contributed by atoms with Crippen LogP contribution in [0.5, 0.6) is 0 Å². The summed E-state index contributed by atoms with van der Waals surface area (Å²) in [7, 11) is -1.76. The molecule has 5 aromatic carbocycles. The van der Waals surface area contributed by atoms with E-state index in [4.69, 9.17) is 9.90 Å². The summed E-state index contributed by atoms with van der Waals surface area (Å²) in [6, 6.07) is 45.8. The first-order valence-electron chi connectivity index (χ1n) is 18.4. The summed E-state index contributed by atoms with van der Waals surface area (Å²) in [6.45, 7) is 6.68. The van der Waals surface area contributed by atoms with Crippen LogP contribution in [0.2, 0.25) is 19.6 Å². The Morgan fingerprint density at radius 3 is 2.12 bits per heavy atom. The van der Waals surface area contributed by atoms with Crippen LogP contribution in [0.15, 0.2) is 150 Å². The molecule has 0 spiro atoms. The minimum absolute atomic E-state index is 0. The van der Waals surface area contributed by atoms with Crippen LogP contribution in [0.3, 0.4) is 0 Å². The van der Waals surface area contributed by atoms with Crippen molar-refractivity contribution in [2.24, 2.45) is 0 Å². The Morgan fingerprint density at radius 2 is 1.41 bits per heavy atom. The summed E-state index contributed by atoms with van der Waals surface area (Å²) in [5, 5.41) is 2.71. The van der Waals surface area contributed by atoms with Crippen LogP contribution in [-0.4, -0.2) is 18.0 Å². The number of halogens is 1. The summed E-state index contributed by atoms with van der Waals surface area (Å²) in [5.41, 5.74) is 6.27. The Morgan fingerprint density at radius 1 is 0.686 bits per heavy atom. The molecule has 8 aromatic rings. The smallest absolute Gasteiger partial charge is 0.126 e. The largest absolute Gasteiger partial charge is 0.500 e. The van der Waals surface area contributed by atoms with Crippen molar-refractivity contribution < 1.29 is 34.4 Å². The molecule has 0 fully saturated rings. The summed E-state index contributed by atoms with van der Waals surface area (Å²) < 4.78 is 54.4. The second kappa shape index (κ2) is 15.9. The van der Waals surface area contributed by atoms with Gasteiger partial charge in [-0.25, -0.2) is 4.39 Å². The first-order valence-corrected chi connectivity index (χ1v) is 19.9.